The van der Waals surface area contributed by atoms with Crippen LogP contribution < -0.4 is 0 Å². The molecule has 0 spiro atoms. The van der Waals surface area contributed by atoms with Crippen molar-refractivity contribution >= 4 is 12.4 Å². The van der Waals surface area contributed by atoms with Crippen molar-refractivity contribution < 1.29 is 0 Å². The van der Waals surface area contributed by atoms with E-state index in [0.717, 1.165) is 5.92 Å². The van der Waals surface area contributed by atoms with Crippen LogP contribution in [0.15, 0.2) is 16.0 Å². The number of hydrogen-bond donors (Lipinski definition) is 0. The summed E-state index contributed by atoms with van der Waals surface area (Å²) in [4.78, 5) is 0. The van der Waals surface area contributed by atoms with Gasteiger partial charge in [0.2, 0.25) is 0 Å². The predicted octanol–water partition coefficient (Wildman–Crippen LogP) is 3.00. The van der Waals surface area contributed by atoms with E-state index in [9.17, 15) is 0 Å². The lowest BCUT2D eigenvalue weighted by Gasteiger charge is -2.36. The zero-order valence-electron chi connectivity index (χ0n) is 7.55. The molecule has 2 aliphatic carbocycles. The lowest BCUT2D eigenvalue weighted by Crippen LogP contribution is -2.29. The van der Waals surface area contributed by atoms with Crippen molar-refractivity contribution in [3.05, 3.63) is 11.6 Å². The Morgan fingerprint density at radius 3 is 3.17 bits per heavy atom. The van der Waals surface area contributed by atoms with Crippen molar-refractivity contribution in [1.29, 1.82) is 0 Å². The van der Waals surface area contributed by atoms with Gasteiger partial charge in [0.15, 0.2) is 0 Å². The molecule has 2 rings (SSSR count). The number of hydrogen-bond acceptors (Lipinski definition) is 2. The van der Waals surface area contributed by atoms with Gasteiger partial charge >= 0.3 is 0 Å². The van der Waals surface area contributed by atoms with Gasteiger partial charge in [-0.2, -0.15) is 0 Å². The minimum atomic E-state index is -0.00595. The fraction of sp³-hybridized carbons (Fsp3) is 0.800. The van der Waals surface area contributed by atoms with Crippen LogP contribution in [0.5, 0.6) is 0 Å². The van der Waals surface area contributed by atoms with Crippen molar-refractivity contribution in [2.45, 2.75) is 44.6 Å². The molecule has 2 bridgehead atoms. The van der Waals surface area contributed by atoms with Gasteiger partial charge in [-0.3, -0.25) is 0 Å². The Kier molecular flexibility index (Phi) is 2.03. The Balaban J connectivity index is 2.26. The first-order chi connectivity index (χ1) is 5.72. The summed E-state index contributed by atoms with van der Waals surface area (Å²) in [5.41, 5.74) is 1.60. The maximum absolute atomic E-state index is 4.84. The highest BCUT2D eigenvalue weighted by atomic mass is 32.1. The predicted molar refractivity (Wildman–Crippen MR) is 52.9 cm³/mol. The van der Waals surface area contributed by atoms with Crippen LogP contribution in [0.4, 0.5) is 0 Å². The molecule has 2 heteroatoms. The number of rotatable bonds is 1. The molecule has 0 aliphatic heterocycles. The number of nitrogens with zero attached hydrogens (tertiary/aromatic N) is 1. The largest absolute Gasteiger partial charge is 0.209 e. The molecule has 1 fully saturated rings. The molecule has 2 aliphatic rings. The summed E-state index contributed by atoms with van der Waals surface area (Å²) in [6, 6.07) is 0. The van der Waals surface area contributed by atoms with Gasteiger partial charge in [-0.1, -0.05) is 11.6 Å². The average Bonchev–Trinajstić information content (AvgIpc) is 2.03. The highest BCUT2D eigenvalue weighted by Crippen LogP contribution is 2.41. The highest BCUT2D eigenvalue weighted by Gasteiger charge is 2.32. The van der Waals surface area contributed by atoms with Gasteiger partial charge in [-0.25, -0.2) is 4.36 Å². The van der Waals surface area contributed by atoms with E-state index in [4.69, 9.17) is 12.4 Å². The first kappa shape index (κ1) is 8.36. The molecular formula is C10H15NS. The van der Waals surface area contributed by atoms with E-state index in [0.29, 0.717) is 0 Å². The van der Waals surface area contributed by atoms with Gasteiger partial charge in [0.25, 0.3) is 0 Å². The van der Waals surface area contributed by atoms with Crippen molar-refractivity contribution in [3.63, 3.8) is 0 Å². The fourth-order valence-corrected chi connectivity index (χ4v) is 2.77. The fourth-order valence-electron chi connectivity index (χ4n) is 2.64. The summed E-state index contributed by atoms with van der Waals surface area (Å²) in [5.74, 6) is 0.871. The van der Waals surface area contributed by atoms with Crippen LogP contribution in [0.2, 0.25) is 0 Å². The van der Waals surface area contributed by atoms with Crippen LogP contribution in [0.3, 0.4) is 0 Å². The van der Waals surface area contributed by atoms with Gasteiger partial charge in [-0.15, -0.1) is 0 Å². The van der Waals surface area contributed by atoms with Crippen molar-refractivity contribution in [1.82, 2.24) is 0 Å². The Labute approximate surface area is 79.4 Å². The van der Waals surface area contributed by atoms with Crippen molar-refractivity contribution in [3.8, 4) is 0 Å². The molecule has 0 amide bonds. The Morgan fingerprint density at radius 1 is 1.67 bits per heavy atom. The third-order valence-electron chi connectivity index (χ3n) is 3.09. The molecule has 0 radical (unpaired) electrons. The minimum absolute atomic E-state index is 0.00595. The second-order valence-electron chi connectivity index (χ2n) is 4.42. The summed E-state index contributed by atoms with van der Waals surface area (Å²) in [6.45, 7) is 2.16. The van der Waals surface area contributed by atoms with E-state index in [1.165, 1.54) is 32.1 Å². The minimum Gasteiger partial charge on any atom is -0.209 e. The first-order valence-corrected chi connectivity index (χ1v) is 5.13. The van der Waals surface area contributed by atoms with E-state index in [2.05, 4.69) is 17.4 Å². The van der Waals surface area contributed by atoms with Crippen LogP contribution in [0.25, 0.3) is 0 Å². The Hall–Kier alpha value is -0.240. The third-order valence-corrected chi connectivity index (χ3v) is 3.50. The zero-order chi connectivity index (χ0) is 8.60. The molecule has 1 nitrogen and oxygen atoms in total. The molecule has 2 unspecified atom stereocenters. The Bertz CT molecular complexity index is 234. The summed E-state index contributed by atoms with van der Waals surface area (Å²) in [6.07, 6.45) is 8.87. The molecular weight excluding hydrogens is 166 g/mol. The average molecular weight is 181 g/mol. The van der Waals surface area contributed by atoms with E-state index in [1.807, 2.05) is 0 Å². The molecule has 0 saturated heterocycles. The van der Waals surface area contributed by atoms with Crippen LogP contribution in [-0.4, -0.2) is 5.54 Å². The quantitative estimate of drug-likeness (QED) is 0.566. The maximum atomic E-state index is 4.84. The van der Waals surface area contributed by atoms with E-state index in [1.54, 1.807) is 5.57 Å². The van der Waals surface area contributed by atoms with E-state index in [-0.39, 0.29) is 5.54 Å². The van der Waals surface area contributed by atoms with Gasteiger partial charge in [-0.05, 0) is 44.9 Å². The van der Waals surface area contributed by atoms with Gasteiger partial charge < -0.3 is 0 Å². The second kappa shape index (κ2) is 2.91. The normalized spacial score (nSPS) is 40.4. The molecule has 0 aromatic heterocycles. The lowest BCUT2D eigenvalue weighted by atomic mass is 9.72. The third kappa shape index (κ3) is 1.45. The molecule has 0 heterocycles. The molecule has 1 saturated carbocycles. The lowest BCUT2D eigenvalue weighted by molar-refractivity contribution is 0.310. The maximum Gasteiger partial charge on any atom is 0.0895 e. The topological polar surface area (TPSA) is 12.4 Å². The molecule has 0 N–H and O–H groups in total. The van der Waals surface area contributed by atoms with Gasteiger partial charge in [0, 0.05) is 12.4 Å². The molecule has 12 heavy (non-hydrogen) atoms. The van der Waals surface area contributed by atoms with Crippen LogP contribution in [0, 0.1) is 5.92 Å². The number of allylic oxidation sites excluding steroid dienone is 1. The van der Waals surface area contributed by atoms with Gasteiger partial charge in [0.1, 0.15) is 0 Å². The standard InChI is InChI=1S/C10H15NS/c1-10(11-12)6-8-3-2-4-9(5-8)7-10/h6,9H,2-5,7H2,1H3. The van der Waals surface area contributed by atoms with Gasteiger partial charge in [0.05, 0.1) is 5.54 Å². The number of fused-ring (bicyclic) bond motifs is 2. The van der Waals surface area contributed by atoms with Crippen molar-refractivity contribution in [2.24, 2.45) is 10.3 Å². The molecule has 0 aromatic rings. The second-order valence-corrected chi connectivity index (χ2v) is 4.60. The summed E-state index contributed by atoms with van der Waals surface area (Å²) >= 11 is 4.84. The van der Waals surface area contributed by atoms with E-state index < -0.39 is 0 Å². The Morgan fingerprint density at radius 2 is 2.50 bits per heavy atom. The summed E-state index contributed by atoms with van der Waals surface area (Å²) in [5, 5.41) is 0. The summed E-state index contributed by atoms with van der Waals surface area (Å²) in [7, 11) is 0. The first-order valence-electron chi connectivity index (χ1n) is 4.77. The smallest absolute Gasteiger partial charge is 0.0895 e. The SMILES string of the molecule is CC1(N=S)C=C2CCCC(C2)C1. The van der Waals surface area contributed by atoms with Crippen LogP contribution in [-0.2, 0) is 12.4 Å². The van der Waals surface area contributed by atoms with Crippen molar-refractivity contribution in [2.75, 3.05) is 0 Å². The van der Waals surface area contributed by atoms with Crippen LogP contribution in [0.1, 0.15) is 39.0 Å². The zero-order valence-corrected chi connectivity index (χ0v) is 8.36. The highest BCUT2D eigenvalue weighted by molar-refractivity contribution is 7.47. The van der Waals surface area contributed by atoms with E-state index >= 15 is 0 Å². The van der Waals surface area contributed by atoms with Crippen LogP contribution >= 0.6 is 0 Å². The molecule has 0 aromatic carbocycles. The monoisotopic (exact) mass is 181 g/mol. The molecule has 2 atom stereocenters. The summed E-state index contributed by atoms with van der Waals surface area (Å²) < 4.78 is 4.07. The molecule has 66 valence electrons.